The third-order valence-electron chi connectivity index (χ3n) is 3.22. The van der Waals surface area contributed by atoms with E-state index < -0.39 is 0 Å². The van der Waals surface area contributed by atoms with Gasteiger partial charge in [0.1, 0.15) is 0 Å². The van der Waals surface area contributed by atoms with Crippen molar-refractivity contribution in [1.82, 2.24) is 5.32 Å². The lowest BCUT2D eigenvalue weighted by molar-refractivity contribution is 0.0932. The molecule has 1 atom stereocenters. The summed E-state index contributed by atoms with van der Waals surface area (Å²) < 4.78 is 0. The van der Waals surface area contributed by atoms with E-state index >= 15 is 0 Å². The van der Waals surface area contributed by atoms with Gasteiger partial charge in [-0.2, -0.15) is 0 Å². The molecule has 0 spiro atoms. The number of halogens is 2. The van der Waals surface area contributed by atoms with Crippen molar-refractivity contribution in [2.24, 2.45) is 0 Å². The van der Waals surface area contributed by atoms with Crippen LogP contribution in [0.25, 0.3) is 0 Å². The van der Waals surface area contributed by atoms with Crippen LogP contribution < -0.4 is 11.1 Å². The Bertz CT molecular complexity index is 440. The summed E-state index contributed by atoms with van der Waals surface area (Å²) in [6.45, 7) is 4.26. The maximum Gasteiger partial charge on any atom is 0.251 e. The van der Waals surface area contributed by atoms with Crippen molar-refractivity contribution in [2.75, 3.05) is 5.73 Å². The minimum absolute atomic E-state index is 0.150. The van der Waals surface area contributed by atoms with E-state index in [4.69, 9.17) is 28.9 Å². The summed E-state index contributed by atoms with van der Waals surface area (Å²) in [5, 5.41) is 3.66. The summed E-state index contributed by atoms with van der Waals surface area (Å²) in [5.41, 5.74) is 6.43. The molecule has 20 heavy (non-hydrogen) atoms. The molecular formula is C15H22Cl2N2O. The van der Waals surface area contributed by atoms with Crippen LogP contribution in [0.2, 0.25) is 10.0 Å². The van der Waals surface area contributed by atoms with E-state index in [1.165, 1.54) is 0 Å². The number of hydrogen-bond donors (Lipinski definition) is 2. The quantitative estimate of drug-likeness (QED) is 0.718. The predicted octanol–water partition coefficient (Wildman–Crippen LogP) is 4.66. The third kappa shape index (κ3) is 4.88. The first kappa shape index (κ1) is 17.1. The van der Waals surface area contributed by atoms with E-state index in [2.05, 4.69) is 19.2 Å². The van der Waals surface area contributed by atoms with Gasteiger partial charge in [0.05, 0.1) is 15.7 Å². The van der Waals surface area contributed by atoms with Crippen LogP contribution in [0.4, 0.5) is 5.69 Å². The molecule has 3 nitrogen and oxygen atoms in total. The third-order valence-corrected chi connectivity index (χ3v) is 3.85. The van der Waals surface area contributed by atoms with Gasteiger partial charge in [0, 0.05) is 11.6 Å². The van der Waals surface area contributed by atoms with Crippen LogP contribution in [0, 0.1) is 0 Å². The van der Waals surface area contributed by atoms with Crippen LogP contribution in [0.15, 0.2) is 12.1 Å². The molecule has 0 fully saturated rings. The van der Waals surface area contributed by atoms with Gasteiger partial charge in [-0.25, -0.2) is 0 Å². The summed E-state index contributed by atoms with van der Waals surface area (Å²) in [7, 11) is 0. The molecule has 0 aliphatic heterocycles. The predicted molar refractivity (Wildman–Crippen MR) is 86.6 cm³/mol. The molecule has 1 aromatic carbocycles. The Hall–Kier alpha value is -0.930. The number of carbonyl (C=O) groups excluding carboxylic acids is 1. The summed E-state index contributed by atoms with van der Waals surface area (Å²) in [6, 6.07) is 3.31. The summed E-state index contributed by atoms with van der Waals surface area (Å²) in [6.07, 6.45) is 5.23. The Morgan fingerprint density at radius 3 is 2.30 bits per heavy atom. The maximum absolute atomic E-state index is 12.2. The van der Waals surface area contributed by atoms with E-state index in [0.717, 1.165) is 32.1 Å². The molecule has 3 N–H and O–H groups in total. The van der Waals surface area contributed by atoms with Crippen molar-refractivity contribution >= 4 is 34.8 Å². The number of rotatable bonds is 7. The molecule has 0 aromatic heterocycles. The molecule has 0 radical (unpaired) electrons. The molecule has 0 bridgehead atoms. The summed E-state index contributed by atoms with van der Waals surface area (Å²) in [5.74, 6) is -0.150. The molecule has 0 aliphatic rings. The van der Waals surface area contributed by atoms with Gasteiger partial charge in [0.15, 0.2) is 0 Å². The zero-order chi connectivity index (χ0) is 15.1. The average molecular weight is 317 g/mol. The van der Waals surface area contributed by atoms with Gasteiger partial charge >= 0.3 is 0 Å². The summed E-state index contributed by atoms with van der Waals surface area (Å²) >= 11 is 11.9. The molecule has 1 rings (SSSR count). The van der Waals surface area contributed by atoms with Gasteiger partial charge in [-0.05, 0) is 25.0 Å². The van der Waals surface area contributed by atoms with Crippen LogP contribution in [0.5, 0.6) is 0 Å². The first-order valence-electron chi connectivity index (χ1n) is 7.04. The molecule has 0 saturated heterocycles. The second-order valence-corrected chi connectivity index (χ2v) is 5.77. The molecule has 0 heterocycles. The lowest BCUT2D eigenvalue weighted by atomic mass is 10.0. The fraction of sp³-hybridized carbons (Fsp3) is 0.533. The molecule has 0 saturated carbocycles. The van der Waals surface area contributed by atoms with Crippen molar-refractivity contribution in [3.63, 3.8) is 0 Å². The monoisotopic (exact) mass is 316 g/mol. The molecule has 1 unspecified atom stereocenters. The largest absolute Gasteiger partial charge is 0.396 e. The SMILES string of the molecule is CCCCC(CCC)NC(=O)c1cc(Cl)c(N)c(Cl)c1. The van der Waals surface area contributed by atoms with Gasteiger partial charge in [-0.15, -0.1) is 0 Å². The van der Waals surface area contributed by atoms with Crippen molar-refractivity contribution in [1.29, 1.82) is 0 Å². The van der Waals surface area contributed by atoms with E-state index in [1.54, 1.807) is 12.1 Å². The lowest BCUT2D eigenvalue weighted by Crippen LogP contribution is -2.34. The molecule has 1 aromatic rings. The van der Waals surface area contributed by atoms with E-state index in [-0.39, 0.29) is 11.9 Å². The highest BCUT2D eigenvalue weighted by molar-refractivity contribution is 6.39. The van der Waals surface area contributed by atoms with Gasteiger partial charge in [-0.3, -0.25) is 4.79 Å². The van der Waals surface area contributed by atoms with Crippen LogP contribution in [-0.2, 0) is 0 Å². The normalized spacial score (nSPS) is 12.2. The number of benzene rings is 1. The van der Waals surface area contributed by atoms with Crippen LogP contribution in [-0.4, -0.2) is 11.9 Å². The van der Waals surface area contributed by atoms with Crippen LogP contribution in [0.1, 0.15) is 56.3 Å². The number of amides is 1. The maximum atomic E-state index is 12.2. The van der Waals surface area contributed by atoms with E-state index in [1.807, 2.05) is 0 Å². The number of nitrogens with two attached hydrogens (primary N) is 1. The van der Waals surface area contributed by atoms with Gasteiger partial charge in [0.2, 0.25) is 0 Å². The van der Waals surface area contributed by atoms with Gasteiger partial charge in [-0.1, -0.05) is 56.3 Å². The van der Waals surface area contributed by atoms with Gasteiger partial charge in [0.25, 0.3) is 5.91 Å². The second kappa shape index (κ2) is 8.38. The number of carbonyl (C=O) groups is 1. The van der Waals surface area contributed by atoms with Crippen molar-refractivity contribution in [2.45, 2.75) is 52.0 Å². The Kier molecular flexibility index (Phi) is 7.17. The zero-order valence-electron chi connectivity index (χ0n) is 12.0. The van der Waals surface area contributed by atoms with Crippen molar-refractivity contribution in [3.8, 4) is 0 Å². The van der Waals surface area contributed by atoms with Crippen molar-refractivity contribution < 1.29 is 4.79 Å². The van der Waals surface area contributed by atoms with Crippen LogP contribution in [0.3, 0.4) is 0 Å². The highest BCUT2D eigenvalue weighted by Crippen LogP contribution is 2.28. The topological polar surface area (TPSA) is 55.1 Å². The smallest absolute Gasteiger partial charge is 0.251 e. The molecule has 112 valence electrons. The Balaban J connectivity index is 2.78. The number of anilines is 1. The van der Waals surface area contributed by atoms with Gasteiger partial charge < -0.3 is 11.1 Å². The Morgan fingerprint density at radius 1 is 1.20 bits per heavy atom. The van der Waals surface area contributed by atoms with E-state index in [9.17, 15) is 4.79 Å². The fourth-order valence-electron chi connectivity index (χ4n) is 2.07. The molecule has 1 amide bonds. The zero-order valence-corrected chi connectivity index (χ0v) is 13.5. The Labute approximate surface area is 130 Å². The molecule has 5 heteroatoms. The number of hydrogen-bond acceptors (Lipinski definition) is 2. The number of nitrogen functional groups attached to an aromatic ring is 1. The lowest BCUT2D eigenvalue weighted by Gasteiger charge is -2.18. The first-order chi connectivity index (χ1) is 9.49. The minimum Gasteiger partial charge on any atom is -0.396 e. The second-order valence-electron chi connectivity index (χ2n) is 4.95. The minimum atomic E-state index is -0.150. The fourth-order valence-corrected chi connectivity index (χ4v) is 2.56. The number of nitrogens with one attached hydrogen (secondary N) is 1. The average Bonchev–Trinajstić information content (AvgIpc) is 2.41. The standard InChI is InChI=1S/C15H22Cl2N2O/c1-3-5-7-11(6-4-2)19-15(20)10-8-12(16)14(18)13(17)9-10/h8-9,11H,3-7,18H2,1-2H3,(H,19,20). The summed E-state index contributed by atoms with van der Waals surface area (Å²) in [4.78, 5) is 12.2. The highest BCUT2D eigenvalue weighted by atomic mass is 35.5. The van der Waals surface area contributed by atoms with E-state index in [0.29, 0.717) is 21.3 Å². The Morgan fingerprint density at radius 2 is 1.80 bits per heavy atom. The highest BCUT2D eigenvalue weighted by Gasteiger charge is 2.15. The van der Waals surface area contributed by atoms with Crippen molar-refractivity contribution in [3.05, 3.63) is 27.7 Å². The first-order valence-corrected chi connectivity index (χ1v) is 7.80. The number of unbranched alkanes of at least 4 members (excludes halogenated alkanes) is 1. The molecular weight excluding hydrogens is 295 g/mol. The van der Waals surface area contributed by atoms with Crippen LogP contribution >= 0.6 is 23.2 Å². The molecule has 0 aliphatic carbocycles.